The van der Waals surface area contributed by atoms with Crippen molar-refractivity contribution in [3.8, 4) is 5.69 Å². The number of nitrogens with one attached hydrogen (secondary N) is 1. The summed E-state index contributed by atoms with van der Waals surface area (Å²) >= 11 is 0. The second kappa shape index (κ2) is 10.3. The first kappa shape index (κ1) is 22.5. The van der Waals surface area contributed by atoms with Crippen molar-refractivity contribution in [2.75, 3.05) is 13.1 Å². The molecule has 170 valence electrons. The lowest BCUT2D eigenvalue weighted by Gasteiger charge is -2.30. The number of para-hydroxylation sites is 1. The minimum Gasteiger partial charge on any atom is -0.352 e. The molecule has 1 saturated heterocycles. The fourth-order valence-corrected chi connectivity index (χ4v) is 4.27. The Morgan fingerprint density at radius 1 is 1.00 bits per heavy atom. The summed E-state index contributed by atoms with van der Waals surface area (Å²) in [6, 6.07) is 19.8. The van der Waals surface area contributed by atoms with Crippen LogP contribution < -0.4 is 5.32 Å². The van der Waals surface area contributed by atoms with Crippen molar-refractivity contribution in [1.29, 1.82) is 0 Å². The lowest BCUT2D eigenvalue weighted by atomic mass is 9.95. The maximum Gasteiger partial charge on any atom is 0.246 e. The van der Waals surface area contributed by atoms with Crippen LogP contribution >= 0.6 is 0 Å². The van der Waals surface area contributed by atoms with Crippen molar-refractivity contribution >= 4 is 17.9 Å². The van der Waals surface area contributed by atoms with Gasteiger partial charge in [0.2, 0.25) is 11.8 Å². The molecule has 2 amide bonds. The summed E-state index contributed by atoms with van der Waals surface area (Å²) in [5.41, 5.74) is 5.01. The summed E-state index contributed by atoms with van der Waals surface area (Å²) in [6.07, 6.45) is 4.81. The van der Waals surface area contributed by atoms with Crippen LogP contribution in [0.25, 0.3) is 11.8 Å². The molecule has 1 aliphatic rings. The molecule has 0 aliphatic carbocycles. The predicted octanol–water partition coefficient (Wildman–Crippen LogP) is 4.06. The van der Waals surface area contributed by atoms with E-state index in [1.165, 1.54) is 0 Å². The molecule has 3 aromatic rings. The molecule has 1 N–H and O–H groups in total. The Bertz CT molecular complexity index is 1130. The van der Waals surface area contributed by atoms with Crippen LogP contribution in [0.2, 0.25) is 0 Å². The zero-order chi connectivity index (χ0) is 23.2. The number of benzene rings is 2. The minimum atomic E-state index is -0.0723. The highest BCUT2D eigenvalue weighted by Gasteiger charge is 2.26. The zero-order valence-corrected chi connectivity index (χ0v) is 19.2. The van der Waals surface area contributed by atoms with Crippen LogP contribution in [-0.2, 0) is 16.1 Å². The van der Waals surface area contributed by atoms with Gasteiger partial charge in [0.05, 0.1) is 11.4 Å². The van der Waals surface area contributed by atoms with Gasteiger partial charge in [-0.1, -0.05) is 48.5 Å². The van der Waals surface area contributed by atoms with E-state index in [2.05, 4.69) is 10.4 Å². The molecule has 2 aromatic carbocycles. The fourth-order valence-electron chi connectivity index (χ4n) is 4.27. The predicted molar refractivity (Wildman–Crippen MR) is 130 cm³/mol. The van der Waals surface area contributed by atoms with Crippen molar-refractivity contribution in [3.63, 3.8) is 0 Å². The molecule has 33 heavy (non-hydrogen) atoms. The SMILES string of the molecule is Cc1nn(-c2ccccc2)c(C)c1CNC(=O)C1CCN(C(=O)C=Cc2ccccc2)CC1. The third-order valence-corrected chi connectivity index (χ3v) is 6.28. The molecule has 4 rings (SSSR count). The Morgan fingerprint density at radius 3 is 2.30 bits per heavy atom. The lowest BCUT2D eigenvalue weighted by molar-refractivity contribution is -0.132. The standard InChI is InChI=1S/C27H30N4O2/c1-20-25(21(2)31(29-20)24-11-7-4-8-12-24)19-28-27(33)23-15-17-30(18-16-23)26(32)14-13-22-9-5-3-6-10-22/h3-14,23H,15-19H2,1-2H3,(H,28,33). The summed E-state index contributed by atoms with van der Waals surface area (Å²) in [5.74, 6) is -0.0255. The number of aryl methyl sites for hydroxylation is 1. The van der Waals surface area contributed by atoms with Crippen molar-refractivity contribution in [3.05, 3.63) is 89.3 Å². The number of hydrogen-bond acceptors (Lipinski definition) is 3. The Labute approximate surface area is 194 Å². The Balaban J connectivity index is 1.29. The zero-order valence-electron chi connectivity index (χ0n) is 19.2. The quantitative estimate of drug-likeness (QED) is 0.586. The van der Waals surface area contributed by atoms with Crippen molar-refractivity contribution in [2.24, 2.45) is 5.92 Å². The van der Waals surface area contributed by atoms with Crippen LogP contribution in [0.4, 0.5) is 0 Å². The molecular weight excluding hydrogens is 412 g/mol. The highest BCUT2D eigenvalue weighted by atomic mass is 16.2. The summed E-state index contributed by atoms with van der Waals surface area (Å²) in [5, 5.41) is 7.75. The second-order valence-corrected chi connectivity index (χ2v) is 8.46. The number of piperidine rings is 1. The minimum absolute atomic E-state index is 0.00251. The summed E-state index contributed by atoms with van der Waals surface area (Å²) in [7, 11) is 0. The van der Waals surface area contributed by atoms with Gasteiger partial charge in [-0.05, 0) is 50.5 Å². The third kappa shape index (κ3) is 5.40. The first-order chi connectivity index (χ1) is 16.0. The van der Waals surface area contributed by atoms with E-state index in [9.17, 15) is 9.59 Å². The van der Waals surface area contributed by atoms with Gasteiger partial charge in [-0.15, -0.1) is 0 Å². The highest BCUT2D eigenvalue weighted by Crippen LogP contribution is 2.20. The first-order valence-corrected chi connectivity index (χ1v) is 11.4. The average Bonchev–Trinajstić information content (AvgIpc) is 3.15. The number of aromatic nitrogens is 2. The fraction of sp³-hybridized carbons (Fsp3) is 0.296. The first-order valence-electron chi connectivity index (χ1n) is 11.4. The monoisotopic (exact) mass is 442 g/mol. The number of rotatable bonds is 6. The van der Waals surface area contributed by atoms with Crippen molar-refractivity contribution in [2.45, 2.75) is 33.2 Å². The molecule has 0 radical (unpaired) electrons. The highest BCUT2D eigenvalue weighted by molar-refractivity contribution is 5.92. The van der Waals surface area contributed by atoms with E-state index in [0.29, 0.717) is 32.5 Å². The van der Waals surface area contributed by atoms with Crippen LogP contribution in [0.15, 0.2) is 66.7 Å². The van der Waals surface area contributed by atoms with Gasteiger partial charge < -0.3 is 10.2 Å². The van der Waals surface area contributed by atoms with Gasteiger partial charge in [0, 0.05) is 42.9 Å². The number of likely N-dealkylation sites (tertiary alicyclic amines) is 1. The molecule has 1 aromatic heterocycles. The second-order valence-electron chi connectivity index (χ2n) is 8.46. The van der Waals surface area contributed by atoms with E-state index in [4.69, 9.17) is 0 Å². The van der Waals surface area contributed by atoms with Gasteiger partial charge in [0.25, 0.3) is 0 Å². The van der Waals surface area contributed by atoms with Crippen molar-refractivity contribution < 1.29 is 9.59 Å². The molecule has 0 unspecified atom stereocenters. The van der Waals surface area contributed by atoms with Gasteiger partial charge in [-0.3, -0.25) is 9.59 Å². The van der Waals surface area contributed by atoms with Gasteiger partial charge in [-0.25, -0.2) is 4.68 Å². The van der Waals surface area contributed by atoms with Crippen molar-refractivity contribution in [1.82, 2.24) is 20.0 Å². The van der Waals surface area contributed by atoms with E-state index in [1.54, 1.807) is 6.08 Å². The molecule has 6 heteroatoms. The van der Waals surface area contributed by atoms with E-state index >= 15 is 0 Å². The normalized spacial score (nSPS) is 14.5. The molecule has 0 bridgehead atoms. The molecule has 0 saturated carbocycles. The number of amides is 2. The van der Waals surface area contributed by atoms with Crippen LogP contribution in [-0.4, -0.2) is 39.6 Å². The molecule has 0 atom stereocenters. The maximum atomic E-state index is 12.8. The van der Waals surface area contributed by atoms with E-state index < -0.39 is 0 Å². The molecule has 2 heterocycles. The summed E-state index contributed by atoms with van der Waals surface area (Å²) in [6.45, 7) is 5.66. The molecule has 0 spiro atoms. The number of nitrogens with zero attached hydrogens (tertiary/aromatic N) is 3. The number of hydrogen-bond donors (Lipinski definition) is 1. The lowest BCUT2D eigenvalue weighted by Crippen LogP contribution is -2.42. The molecule has 6 nitrogen and oxygen atoms in total. The van der Waals surface area contributed by atoms with Crippen LogP contribution in [0.5, 0.6) is 0 Å². The Morgan fingerprint density at radius 2 is 1.64 bits per heavy atom. The van der Waals surface area contributed by atoms with E-state index in [0.717, 1.165) is 28.2 Å². The maximum absolute atomic E-state index is 12.8. The third-order valence-electron chi connectivity index (χ3n) is 6.28. The summed E-state index contributed by atoms with van der Waals surface area (Å²) in [4.78, 5) is 27.1. The van der Waals surface area contributed by atoms with Gasteiger partial charge in [-0.2, -0.15) is 5.10 Å². The number of carbonyl (C=O) groups is 2. The van der Waals surface area contributed by atoms with Crippen LogP contribution in [0, 0.1) is 19.8 Å². The van der Waals surface area contributed by atoms with Crippen LogP contribution in [0.1, 0.15) is 35.4 Å². The van der Waals surface area contributed by atoms with Crippen LogP contribution in [0.3, 0.4) is 0 Å². The topological polar surface area (TPSA) is 67.2 Å². The summed E-state index contributed by atoms with van der Waals surface area (Å²) < 4.78 is 1.92. The molecule has 1 aliphatic heterocycles. The van der Waals surface area contributed by atoms with Gasteiger partial charge >= 0.3 is 0 Å². The largest absolute Gasteiger partial charge is 0.352 e. The molecule has 1 fully saturated rings. The molecular formula is C27H30N4O2. The smallest absolute Gasteiger partial charge is 0.246 e. The Kier molecular flexibility index (Phi) is 7.03. The van der Waals surface area contributed by atoms with Gasteiger partial charge in [0.1, 0.15) is 0 Å². The average molecular weight is 443 g/mol. The van der Waals surface area contributed by atoms with Gasteiger partial charge in [0.15, 0.2) is 0 Å². The van der Waals surface area contributed by atoms with E-state index in [-0.39, 0.29) is 17.7 Å². The Hall–Kier alpha value is -3.67. The van der Waals surface area contributed by atoms with E-state index in [1.807, 2.05) is 90.2 Å². The number of carbonyl (C=O) groups excluding carboxylic acids is 2.